The molecule has 23 heavy (non-hydrogen) atoms. The fourth-order valence-electron chi connectivity index (χ4n) is 2.49. The van der Waals surface area contributed by atoms with Crippen LogP contribution in [0.5, 0.6) is 5.75 Å². The first-order valence-corrected chi connectivity index (χ1v) is 7.26. The number of fused-ring (bicyclic) bond motifs is 1. The molecule has 3 aromatic rings. The summed E-state index contributed by atoms with van der Waals surface area (Å²) in [6, 6.07) is 16.9. The van der Waals surface area contributed by atoms with E-state index in [9.17, 15) is 4.39 Å². The topological polar surface area (TPSA) is 34.4 Å². The van der Waals surface area contributed by atoms with E-state index in [1.165, 1.54) is 0 Å². The van der Waals surface area contributed by atoms with Gasteiger partial charge in [0.25, 0.3) is 0 Å². The van der Waals surface area contributed by atoms with Gasteiger partial charge in [0, 0.05) is 11.9 Å². The SMILES string of the molecule is CNC[C@@H](F)[C@H](Oc1cccc2ccoc12)c1ccccc1.Cl. The minimum absolute atomic E-state index is 0. The molecule has 2 atom stereocenters. The largest absolute Gasteiger partial charge is 0.479 e. The van der Waals surface area contributed by atoms with Crippen LogP contribution in [0.2, 0.25) is 0 Å². The fraction of sp³-hybridized carbons (Fsp3) is 0.222. The summed E-state index contributed by atoms with van der Waals surface area (Å²) >= 11 is 0. The molecule has 0 saturated carbocycles. The van der Waals surface area contributed by atoms with Crippen LogP contribution in [0.15, 0.2) is 65.3 Å². The molecule has 5 heteroatoms. The first-order chi connectivity index (χ1) is 10.8. The van der Waals surface area contributed by atoms with Crippen molar-refractivity contribution in [3.05, 3.63) is 66.4 Å². The lowest BCUT2D eigenvalue weighted by atomic mass is 10.0. The van der Waals surface area contributed by atoms with Gasteiger partial charge < -0.3 is 14.5 Å². The number of hydrogen-bond acceptors (Lipinski definition) is 3. The maximum atomic E-state index is 14.5. The number of furan rings is 1. The Morgan fingerprint density at radius 3 is 2.61 bits per heavy atom. The van der Waals surface area contributed by atoms with Crippen LogP contribution in [0, 0.1) is 0 Å². The van der Waals surface area contributed by atoms with Gasteiger partial charge in [-0.2, -0.15) is 0 Å². The second-order valence-corrected chi connectivity index (χ2v) is 5.12. The van der Waals surface area contributed by atoms with Gasteiger partial charge in [0.05, 0.1) is 6.26 Å². The van der Waals surface area contributed by atoms with E-state index in [1.54, 1.807) is 19.4 Å². The third-order valence-corrected chi connectivity index (χ3v) is 3.55. The number of para-hydroxylation sites is 1. The summed E-state index contributed by atoms with van der Waals surface area (Å²) in [6.07, 6.45) is -0.253. The minimum atomic E-state index is -1.17. The Hall–Kier alpha value is -2.04. The van der Waals surface area contributed by atoms with Crippen molar-refractivity contribution in [1.82, 2.24) is 5.32 Å². The smallest absolute Gasteiger partial charge is 0.175 e. The van der Waals surface area contributed by atoms with E-state index in [0.717, 1.165) is 10.9 Å². The summed E-state index contributed by atoms with van der Waals surface area (Å²) < 4.78 is 26.0. The van der Waals surface area contributed by atoms with Gasteiger partial charge in [-0.3, -0.25) is 0 Å². The molecule has 0 amide bonds. The Kier molecular flexibility index (Phi) is 6.02. The molecular formula is C18H19ClFNO2. The van der Waals surface area contributed by atoms with Crippen molar-refractivity contribution < 1.29 is 13.5 Å². The van der Waals surface area contributed by atoms with Crippen LogP contribution in [0.4, 0.5) is 4.39 Å². The quantitative estimate of drug-likeness (QED) is 0.718. The molecule has 0 unspecified atom stereocenters. The van der Waals surface area contributed by atoms with Gasteiger partial charge in [0.15, 0.2) is 23.6 Å². The molecule has 1 heterocycles. The first kappa shape index (κ1) is 17.3. The average Bonchev–Trinajstić information content (AvgIpc) is 3.03. The van der Waals surface area contributed by atoms with Crippen molar-refractivity contribution in [2.75, 3.05) is 13.6 Å². The highest BCUT2D eigenvalue weighted by atomic mass is 35.5. The van der Waals surface area contributed by atoms with Gasteiger partial charge >= 0.3 is 0 Å². The normalized spacial score (nSPS) is 13.3. The number of nitrogens with one attached hydrogen (secondary N) is 1. The number of halogens is 2. The molecule has 2 aromatic carbocycles. The minimum Gasteiger partial charge on any atom is -0.479 e. The molecule has 122 valence electrons. The van der Waals surface area contributed by atoms with Crippen LogP contribution in [-0.4, -0.2) is 19.8 Å². The van der Waals surface area contributed by atoms with E-state index in [-0.39, 0.29) is 19.0 Å². The number of benzene rings is 2. The van der Waals surface area contributed by atoms with E-state index >= 15 is 0 Å². The third-order valence-electron chi connectivity index (χ3n) is 3.55. The first-order valence-electron chi connectivity index (χ1n) is 7.26. The standard InChI is InChI=1S/C18H18FNO2.ClH/c1-20-12-15(19)17(13-6-3-2-4-7-13)22-16-9-5-8-14-10-11-21-18(14)16;/h2-11,15,17,20H,12H2,1H3;1H/t15-,17-;/m1./s1. The maximum Gasteiger partial charge on any atom is 0.175 e. The van der Waals surface area contributed by atoms with E-state index in [4.69, 9.17) is 9.15 Å². The van der Waals surface area contributed by atoms with Crippen LogP contribution < -0.4 is 10.1 Å². The zero-order chi connectivity index (χ0) is 15.4. The molecule has 1 aromatic heterocycles. The van der Waals surface area contributed by atoms with Gasteiger partial charge in [-0.1, -0.05) is 42.5 Å². The van der Waals surface area contributed by atoms with Gasteiger partial charge in [0.2, 0.25) is 0 Å². The Morgan fingerprint density at radius 2 is 1.87 bits per heavy atom. The number of alkyl halides is 1. The number of rotatable bonds is 6. The van der Waals surface area contributed by atoms with Crippen molar-refractivity contribution >= 4 is 23.4 Å². The lowest BCUT2D eigenvalue weighted by Gasteiger charge is -2.23. The summed E-state index contributed by atoms with van der Waals surface area (Å²) in [5.41, 5.74) is 1.44. The van der Waals surface area contributed by atoms with Gasteiger partial charge in [0.1, 0.15) is 0 Å². The molecular weight excluding hydrogens is 317 g/mol. The van der Waals surface area contributed by atoms with Crippen LogP contribution in [0.3, 0.4) is 0 Å². The van der Waals surface area contributed by atoms with Gasteiger partial charge in [-0.15, -0.1) is 12.4 Å². The second kappa shape index (κ2) is 7.99. The monoisotopic (exact) mass is 335 g/mol. The predicted octanol–water partition coefficient (Wildman–Crippen LogP) is 4.53. The highest BCUT2D eigenvalue weighted by molar-refractivity contribution is 5.85. The van der Waals surface area contributed by atoms with Crippen molar-refractivity contribution in [3.63, 3.8) is 0 Å². The summed E-state index contributed by atoms with van der Waals surface area (Å²) in [4.78, 5) is 0. The van der Waals surface area contributed by atoms with Crippen molar-refractivity contribution in [2.24, 2.45) is 0 Å². The lowest BCUT2D eigenvalue weighted by Crippen LogP contribution is -2.29. The zero-order valence-electron chi connectivity index (χ0n) is 12.7. The molecule has 0 aliphatic carbocycles. The second-order valence-electron chi connectivity index (χ2n) is 5.12. The molecule has 0 aliphatic rings. The highest BCUT2D eigenvalue weighted by Crippen LogP contribution is 2.32. The van der Waals surface area contributed by atoms with Gasteiger partial charge in [-0.05, 0) is 24.7 Å². The van der Waals surface area contributed by atoms with Crippen LogP contribution >= 0.6 is 12.4 Å². The van der Waals surface area contributed by atoms with E-state index in [2.05, 4.69) is 5.32 Å². The average molecular weight is 336 g/mol. The van der Waals surface area contributed by atoms with E-state index < -0.39 is 12.3 Å². The Balaban J connectivity index is 0.00000192. The van der Waals surface area contributed by atoms with Crippen LogP contribution in [-0.2, 0) is 0 Å². The predicted molar refractivity (Wildman–Crippen MR) is 92.1 cm³/mol. The van der Waals surface area contributed by atoms with Gasteiger partial charge in [-0.25, -0.2) is 4.39 Å². The summed E-state index contributed by atoms with van der Waals surface area (Å²) in [7, 11) is 1.72. The molecule has 3 rings (SSSR count). The van der Waals surface area contributed by atoms with E-state index in [0.29, 0.717) is 11.3 Å². The maximum absolute atomic E-state index is 14.5. The Bertz CT molecular complexity index is 732. The molecule has 1 N–H and O–H groups in total. The van der Waals surface area contributed by atoms with Crippen molar-refractivity contribution in [1.29, 1.82) is 0 Å². The Morgan fingerprint density at radius 1 is 1.09 bits per heavy atom. The number of hydrogen-bond donors (Lipinski definition) is 1. The molecule has 3 nitrogen and oxygen atoms in total. The van der Waals surface area contributed by atoms with Crippen molar-refractivity contribution in [3.8, 4) is 5.75 Å². The third kappa shape index (κ3) is 3.84. The van der Waals surface area contributed by atoms with Crippen LogP contribution in [0.1, 0.15) is 11.7 Å². The summed E-state index contributed by atoms with van der Waals surface area (Å²) in [5, 5.41) is 3.80. The molecule has 0 aliphatic heterocycles. The molecule has 0 radical (unpaired) electrons. The summed E-state index contributed by atoms with van der Waals surface area (Å²) in [6.45, 7) is 0.216. The Labute approximate surface area is 140 Å². The molecule has 0 fully saturated rings. The van der Waals surface area contributed by atoms with Crippen LogP contribution in [0.25, 0.3) is 11.0 Å². The highest BCUT2D eigenvalue weighted by Gasteiger charge is 2.25. The molecule has 0 spiro atoms. The lowest BCUT2D eigenvalue weighted by molar-refractivity contribution is 0.101. The van der Waals surface area contributed by atoms with E-state index in [1.807, 2.05) is 48.5 Å². The number of ether oxygens (including phenoxy) is 1. The summed E-state index contributed by atoms with van der Waals surface area (Å²) in [5.74, 6) is 0.551. The zero-order valence-corrected chi connectivity index (χ0v) is 13.6. The fourth-order valence-corrected chi connectivity index (χ4v) is 2.49. The molecule has 0 bridgehead atoms. The van der Waals surface area contributed by atoms with Crippen molar-refractivity contribution in [2.45, 2.75) is 12.3 Å². The molecule has 0 saturated heterocycles.